The molecule has 0 radical (unpaired) electrons. The standard InChI is InChI=1S/C18H26NO7P/c1-4-5-6-7-12-27(22,24-14-17-13-23-18(2,3)25-17)26-16-10-8-15(9-11-16)19(20)21/h4,8-11,17H,1,5-7,12-14H2,2-3H3/t17-,27?/m0/s1. The number of non-ortho nitro benzene ring substituents is 1. The molecule has 1 aliphatic heterocycles. The summed E-state index contributed by atoms with van der Waals surface area (Å²) < 4.78 is 35.6. The molecule has 1 fully saturated rings. The average molecular weight is 399 g/mol. The highest BCUT2D eigenvalue weighted by molar-refractivity contribution is 7.54. The number of rotatable bonds is 11. The van der Waals surface area contributed by atoms with E-state index in [0.717, 1.165) is 12.8 Å². The number of nitro benzene ring substituents is 1. The summed E-state index contributed by atoms with van der Waals surface area (Å²) >= 11 is 0. The van der Waals surface area contributed by atoms with Crippen LogP contribution in [-0.4, -0.2) is 36.2 Å². The number of benzene rings is 1. The van der Waals surface area contributed by atoms with Crippen LogP contribution in [0.15, 0.2) is 36.9 Å². The number of nitro groups is 1. The monoisotopic (exact) mass is 399 g/mol. The highest BCUT2D eigenvalue weighted by atomic mass is 31.2. The Balaban J connectivity index is 2.01. The van der Waals surface area contributed by atoms with Crippen molar-refractivity contribution in [2.24, 2.45) is 0 Å². The van der Waals surface area contributed by atoms with E-state index in [4.69, 9.17) is 18.5 Å². The molecular formula is C18H26NO7P. The quantitative estimate of drug-likeness (QED) is 0.175. The van der Waals surface area contributed by atoms with Crippen molar-refractivity contribution in [1.29, 1.82) is 0 Å². The van der Waals surface area contributed by atoms with Gasteiger partial charge in [-0.25, -0.2) is 4.57 Å². The lowest BCUT2D eigenvalue weighted by atomic mass is 10.2. The van der Waals surface area contributed by atoms with E-state index in [-0.39, 0.29) is 30.3 Å². The lowest BCUT2D eigenvalue weighted by molar-refractivity contribution is -0.384. The highest BCUT2D eigenvalue weighted by Gasteiger charge is 2.35. The fourth-order valence-corrected chi connectivity index (χ4v) is 4.28. The van der Waals surface area contributed by atoms with Crippen LogP contribution in [0.3, 0.4) is 0 Å². The van der Waals surface area contributed by atoms with Gasteiger partial charge >= 0.3 is 7.60 Å². The van der Waals surface area contributed by atoms with Gasteiger partial charge in [-0.2, -0.15) is 0 Å². The number of hydrogen-bond acceptors (Lipinski definition) is 7. The van der Waals surface area contributed by atoms with Gasteiger partial charge in [-0.05, 0) is 45.2 Å². The molecule has 150 valence electrons. The number of allylic oxidation sites excluding steroid dienone is 1. The molecule has 1 aromatic carbocycles. The molecule has 0 amide bonds. The van der Waals surface area contributed by atoms with Gasteiger partial charge in [0.2, 0.25) is 0 Å². The van der Waals surface area contributed by atoms with Crippen LogP contribution in [-0.2, 0) is 18.6 Å². The van der Waals surface area contributed by atoms with Gasteiger partial charge in [0.15, 0.2) is 5.79 Å². The molecule has 2 rings (SSSR count). The molecule has 0 bridgehead atoms. The largest absolute Gasteiger partial charge is 0.424 e. The molecule has 9 heteroatoms. The Morgan fingerprint density at radius 1 is 1.37 bits per heavy atom. The van der Waals surface area contributed by atoms with Crippen LogP contribution in [0.4, 0.5) is 5.69 Å². The summed E-state index contributed by atoms with van der Waals surface area (Å²) in [5.41, 5.74) is -0.0668. The Bertz CT molecular complexity index is 689. The first-order valence-electron chi connectivity index (χ1n) is 8.83. The lowest BCUT2D eigenvalue weighted by Gasteiger charge is -2.22. The van der Waals surface area contributed by atoms with Crippen LogP contribution in [0.2, 0.25) is 0 Å². The number of nitrogens with zero attached hydrogens (tertiary/aromatic N) is 1. The Hall–Kier alpha value is -1.73. The summed E-state index contributed by atoms with van der Waals surface area (Å²) in [6.45, 7) is 7.70. The van der Waals surface area contributed by atoms with Gasteiger partial charge in [0, 0.05) is 12.1 Å². The Kier molecular flexibility index (Phi) is 7.56. The average Bonchev–Trinajstić information content (AvgIpc) is 2.97. The third kappa shape index (κ3) is 7.07. The molecule has 0 saturated carbocycles. The predicted molar refractivity (Wildman–Crippen MR) is 101 cm³/mol. The van der Waals surface area contributed by atoms with Gasteiger partial charge in [0.25, 0.3) is 5.69 Å². The van der Waals surface area contributed by atoms with Crippen molar-refractivity contribution in [3.8, 4) is 5.75 Å². The molecule has 1 heterocycles. The van der Waals surface area contributed by atoms with Crippen LogP contribution < -0.4 is 4.52 Å². The molecule has 0 aliphatic carbocycles. The molecule has 0 aromatic heterocycles. The Labute approximate surface area is 159 Å². The normalized spacial score (nSPS) is 20.7. The number of ether oxygens (including phenoxy) is 2. The van der Waals surface area contributed by atoms with Crippen molar-refractivity contribution in [2.75, 3.05) is 19.4 Å². The maximum Gasteiger partial charge on any atom is 0.379 e. The molecule has 0 N–H and O–H groups in total. The maximum absolute atomic E-state index is 13.2. The zero-order valence-corrected chi connectivity index (χ0v) is 16.6. The van der Waals surface area contributed by atoms with Gasteiger partial charge in [-0.3, -0.25) is 14.6 Å². The minimum absolute atomic E-state index is 0.0668. The molecule has 1 aliphatic rings. The number of unbranched alkanes of at least 4 members (excludes halogenated alkanes) is 2. The third-order valence-electron chi connectivity index (χ3n) is 3.91. The summed E-state index contributed by atoms with van der Waals surface area (Å²) in [6, 6.07) is 5.42. The molecule has 1 aromatic rings. The Morgan fingerprint density at radius 3 is 2.63 bits per heavy atom. The zero-order valence-electron chi connectivity index (χ0n) is 15.7. The molecule has 27 heavy (non-hydrogen) atoms. The van der Waals surface area contributed by atoms with E-state index >= 15 is 0 Å². The molecule has 0 spiro atoms. The van der Waals surface area contributed by atoms with Gasteiger partial charge in [-0.15, -0.1) is 6.58 Å². The molecule has 1 unspecified atom stereocenters. The van der Waals surface area contributed by atoms with E-state index < -0.39 is 18.3 Å². The van der Waals surface area contributed by atoms with Gasteiger partial charge in [0.05, 0.1) is 24.3 Å². The summed E-state index contributed by atoms with van der Waals surface area (Å²) in [6.07, 6.45) is 3.97. The van der Waals surface area contributed by atoms with E-state index in [1.165, 1.54) is 24.3 Å². The van der Waals surface area contributed by atoms with Crippen molar-refractivity contribution in [1.82, 2.24) is 0 Å². The van der Waals surface area contributed by atoms with E-state index in [1.54, 1.807) is 19.9 Å². The maximum atomic E-state index is 13.2. The molecule has 1 saturated heterocycles. The Morgan fingerprint density at radius 2 is 2.07 bits per heavy atom. The zero-order chi connectivity index (χ0) is 19.9. The summed E-state index contributed by atoms with van der Waals surface area (Å²) in [5.74, 6) is -0.433. The smallest absolute Gasteiger partial charge is 0.379 e. The van der Waals surface area contributed by atoms with Gasteiger partial charge < -0.3 is 14.0 Å². The van der Waals surface area contributed by atoms with Crippen molar-refractivity contribution in [2.45, 2.75) is 45.0 Å². The van der Waals surface area contributed by atoms with E-state index in [1.807, 2.05) is 0 Å². The van der Waals surface area contributed by atoms with Gasteiger partial charge in [0.1, 0.15) is 11.9 Å². The third-order valence-corrected chi connectivity index (χ3v) is 5.80. The van der Waals surface area contributed by atoms with Crippen molar-refractivity contribution in [3.63, 3.8) is 0 Å². The van der Waals surface area contributed by atoms with Crippen LogP contribution in [0.25, 0.3) is 0 Å². The molecule has 2 atom stereocenters. The topological polar surface area (TPSA) is 97.1 Å². The van der Waals surface area contributed by atoms with Crippen LogP contribution >= 0.6 is 7.60 Å². The van der Waals surface area contributed by atoms with Gasteiger partial charge in [-0.1, -0.05) is 6.08 Å². The first-order valence-corrected chi connectivity index (χ1v) is 10.6. The predicted octanol–water partition coefficient (Wildman–Crippen LogP) is 4.69. The van der Waals surface area contributed by atoms with E-state index in [9.17, 15) is 14.7 Å². The SMILES string of the molecule is C=CCCCCP(=O)(OC[C@@H]1COC(C)(C)O1)Oc1ccc([N+](=O)[O-])cc1. The van der Waals surface area contributed by atoms with E-state index in [2.05, 4.69) is 6.58 Å². The van der Waals surface area contributed by atoms with Crippen molar-refractivity contribution in [3.05, 3.63) is 47.0 Å². The van der Waals surface area contributed by atoms with Crippen LogP contribution in [0.1, 0.15) is 33.1 Å². The second-order valence-electron chi connectivity index (χ2n) is 6.71. The lowest BCUT2D eigenvalue weighted by Crippen LogP contribution is -2.24. The molecule has 8 nitrogen and oxygen atoms in total. The van der Waals surface area contributed by atoms with Crippen LogP contribution in [0.5, 0.6) is 5.75 Å². The summed E-state index contributed by atoms with van der Waals surface area (Å²) in [5, 5.41) is 10.8. The first-order chi connectivity index (χ1) is 12.7. The van der Waals surface area contributed by atoms with Crippen molar-refractivity contribution >= 4 is 13.3 Å². The fraction of sp³-hybridized carbons (Fsp3) is 0.556. The van der Waals surface area contributed by atoms with Crippen molar-refractivity contribution < 1.29 is 28.0 Å². The summed E-state index contributed by atoms with van der Waals surface area (Å²) in [4.78, 5) is 10.2. The van der Waals surface area contributed by atoms with Crippen LogP contribution in [0, 0.1) is 10.1 Å². The highest BCUT2D eigenvalue weighted by Crippen LogP contribution is 2.49. The van der Waals surface area contributed by atoms with E-state index in [0.29, 0.717) is 13.0 Å². The first kappa shape index (κ1) is 21.6. The fourth-order valence-electron chi connectivity index (χ4n) is 2.56. The molecular weight excluding hydrogens is 373 g/mol. The minimum atomic E-state index is -3.45. The second kappa shape index (κ2) is 9.46. The number of hydrogen-bond donors (Lipinski definition) is 0. The minimum Gasteiger partial charge on any atom is -0.424 e. The second-order valence-corrected chi connectivity index (χ2v) is 8.82. The summed E-state index contributed by atoms with van der Waals surface area (Å²) in [7, 11) is -3.45.